The maximum absolute atomic E-state index is 11.2. The molecule has 1 atom stereocenters. The van der Waals surface area contributed by atoms with Crippen molar-refractivity contribution in [3.63, 3.8) is 0 Å². The van der Waals surface area contributed by atoms with Crippen LogP contribution in [-0.2, 0) is 4.74 Å². The molecule has 0 saturated heterocycles. The van der Waals surface area contributed by atoms with E-state index in [-0.39, 0.29) is 23.0 Å². The molecule has 0 radical (unpaired) electrons. The van der Waals surface area contributed by atoms with Gasteiger partial charge >= 0.3 is 0 Å². The maximum Gasteiger partial charge on any atom is 0.254 e. The highest BCUT2D eigenvalue weighted by atomic mass is 16.5. The van der Waals surface area contributed by atoms with Crippen LogP contribution in [0.2, 0.25) is 0 Å². The molecule has 90 valence electrons. The van der Waals surface area contributed by atoms with Gasteiger partial charge in [0.25, 0.3) is 5.56 Å². The minimum absolute atomic E-state index is 0.209. The lowest BCUT2D eigenvalue weighted by Crippen LogP contribution is -2.25. The number of rotatable bonds is 3. The highest BCUT2D eigenvalue weighted by molar-refractivity contribution is 5.09. The average molecular weight is 226 g/mol. The van der Waals surface area contributed by atoms with Gasteiger partial charge in [0.2, 0.25) is 5.88 Å². The number of H-pyrrole nitrogens is 1. The monoisotopic (exact) mass is 226 g/mol. The average Bonchev–Trinajstić information content (AvgIpc) is 2.10. The van der Waals surface area contributed by atoms with Crippen molar-refractivity contribution in [2.75, 3.05) is 6.61 Å². The van der Waals surface area contributed by atoms with Gasteiger partial charge in [-0.25, -0.2) is 0 Å². The fraction of sp³-hybridized carbons (Fsp3) is 0.636. The summed E-state index contributed by atoms with van der Waals surface area (Å²) in [6.07, 6.45) is -0.350. The second-order valence-corrected chi connectivity index (χ2v) is 4.69. The van der Waals surface area contributed by atoms with Crippen molar-refractivity contribution in [2.45, 2.75) is 33.8 Å². The first-order chi connectivity index (χ1) is 7.34. The van der Waals surface area contributed by atoms with E-state index in [9.17, 15) is 9.90 Å². The van der Waals surface area contributed by atoms with Crippen molar-refractivity contribution in [3.05, 3.63) is 22.2 Å². The minimum atomic E-state index is -0.378. The molecule has 0 aromatic carbocycles. The lowest BCUT2D eigenvalue weighted by molar-refractivity contribution is -0.0195. The smallest absolute Gasteiger partial charge is 0.254 e. The lowest BCUT2D eigenvalue weighted by Gasteiger charge is -2.29. The Bertz CT molecular complexity index is 406. The Kier molecular flexibility index (Phi) is 3.70. The summed E-state index contributed by atoms with van der Waals surface area (Å²) >= 11 is 0. The molecular formula is C11H18N2O3. The molecule has 16 heavy (non-hydrogen) atoms. The number of hydrogen-bond donors (Lipinski definition) is 2. The molecule has 0 aliphatic heterocycles. The summed E-state index contributed by atoms with van der Waals surface area (Å²) < 4.78 is 5.56. The molecule has 0 aliphatic rings. The van der Waals surface area contributed by atoms with Crippen molar-refractivity contribution in [1.29, 1.82) is 0 Å². The Hall–Kier alpha value is -1.36. The molecule has 1 aromatic heterocycles. The molecule has 0 spiro atoms. The number of ether oxygens (including phenoxy) is 1. The van der Waals surface area contributed by atoms with Gasteiger partial charge in [0.05, 0.1) is 6.07 Å². The summed E-state index contributed by atoms with van der Waals surface area (Å²) in [5, 5.41) is 9.29. The largest absolute Gasteiger partial charge is 0.493 e. The first kappa shape index (κ1) is 12.7. The van der Waals surface area contributed by atoms with E-state index in [1.54, 1.807) is 0 Å². The van der Waals surface area contributed by atoms with Crippen molar-refractivity contribution < 1.29 is 9.84 Å². The van der Waals surface area contributed by atoms with Gasteiger partial charge in [-0.2, -0.15) is 4.98 Å². The Labute approximate surface area is 94.5 Å². The van der Waals surface area contributed by atoms with Crippen LogP contribution in [0.15, 0.2) is 10.9 Å². The van der Waals surface area contributed by atoms with E-state index in [1.807, 2.05) is 27.7 Å². The first-order valence-electron chi connectivity index (χ1n) is 5.26. The summed E-state index contributed by atoms with van der Waals surface area (Å²) in [5.74, 6) is 0.0760. The van der Waals surface area contributed by atoms with Crippen LogP contribution in [0.5, 0.6) is 5.88 Å². The fourth-order valence-electron chi connectivity index (χ4n) is 1.49. The fourth-order valence-corrected chi connectivity index (χ4v) is 1.49. The van der Waals surface area contributed by atoms with Gasteiger partial charge in [0.1, 0.15) is 11.9 Å². The number of nitrogens with zero attached hydrogens (tertiary/aromatic N) is 1. The number of nitrogens with one attached hydrogen (secondary N) is 1. The number of hydrogen-bond acceptors (Lipinski definition) is 4. The number of aromatic hydroxyl groups is 1. The van der Waals surface area contributed by atoms with Crippen LogP contribution in [0.3, 0.4) is 0 Å². The van der Waals surface area contributed by atoms with Crippen LogP contribution in [0.25, 0.3) is 0 Å². The third kappa shape index (κ3) is 3.06. The summed E-state index contributed by atoms with van der Waals surface area (Å²) in [5.41, 5.74) is -0.587. The van der Waals surface area contributed by atoms with Crippen molar-refractivity contribution >= 4 is 0 Å². The highest BCUT2D eigenvalue weighted by Gasteiger charge is 2.29. The van der Waals surface area contributed by atoms with Gasteiger partial charge in [-0.1, -0.05) is 20.8 Å². The van der Waals surface area contributed by atoms with Crippen molar-refractivity contribution in [2.24, 2.45) is 5.41 Å². The Balaban J connectivity index is 3.15. The third-order valence-electron chi connectivity index (χ3n) is 2.11. The normalized spacial score (nSPS) is 13.8. The molecule has 0 bridgehead atoms. The van der Waals surface area contributed by atoms with E-state index >= 15 is 0 Å². The van der Waals surface area contributed by atoms with Crippen LogP contribution in [0.4, 0.5) is 0 Å². The summed E-state index contributed by atoms with van der Waals surface area (Å²) in [4.78, 5) is 17.7. The highest BCUT2D eigenvalue weighted by Crippen LogP contribution is 2.34. The van der Waals surface area contributed by atoms with Crippen LogP contribution in [0, 0.1) is 5.41 Å². The summed E-state index contributed by atoms with van der Waals surface area (Å²) in [6.45, 7) is 8.34. The van der Waals surface area contributed by atoms with E-state index in [2.05, 4.69) is 9.97 Å². The van der Waals surface area contributed by atoms with Crippen LogP contribution in [-0.4, -0.2) is 21.7 Å². The van der Waals surface area contributed by atoms with E-state index in [4.69, 9.17) is 4.74 Å². The third-order valence-corrected chi connectivity index (χ3v) is 2.11. The molecule has 1 heterocycles. The predicted molar refractivity (Wildman–Crippen MR) is 60.3 cm³/mol. The quantitative estimate of drug-likeness (QED) is 0.820. The van der Waals surface area contributed by atoms with Gasteiger partial charge in [0, 0.05) is 6.61 Å². The molecule has 1 unspecified atom stereocenters. The van der Waals surface area contributed by atoms with Gasteiger partial charge in [-0.3, -0.25) is 4.79 Å². The molecule has 2 N–H and O–H groups in total. The Morgan fingerprint density at radius 3 is 2.62 bits per heavy atom. The van der Waals surface area contributed by atoms with Crippen LogP contribution in [0.1, 0.15) is 39.6 Å². The molecule has 0 aliphatic carbocycles. The standard InChI is InChI=1S/C11H18N2O3/c1-5-16-9(11(2,3)4)10-12-7(14)6-8(15)13-10/h6,9H,5H2,1-4H3,(H2,12,13,14,15). The van der Waals surface area contributed by atoms with E-state index in [0.29, 0.717) is 12.4 Å². The molecular weight excluding hydrogens is 208 g/mol. The number of aromatic nitrogens is 2. The SMILES string of the molecule is CCOC(c1nc(O)cc(=O)[nH]1)C(C)(C)C. The van der Waals surface area contributed by atoms with Crippen molar-refractivity contribution in [1.82, 2.24) is 9.97 Å². The number of aromatic amines is 1. The Morgan fingerprint density at radius 1 is 1.56 bits per heavy atom. The molecule has 5 heteroatoms. The zero-order chi connectivity index (χ0) is 12.3. The lowest BCUT2D eigenvalue weighted by atomic mass is 9.88. The van der Waals surface area contributed by atoms with Gasteiger partial charge in [-0.05, 0) is 12.3 Å². The summed E-state index contributed by atoms with van der Waals surface area (Å²) in [7, 11) is 0. The Morgan fingerprint density at radius 2 is 2.19 bits per heavy atom. The zero-order valence-electron chi connectivity index (χ0n) is 10.1. The van der Waals surface area contributed by atoms with Crippen LogP contribution < -0.4 is 5.56 Å². The molecule has 5 nitrogen and oxygen atoms in total. The van der Waals surface area contributed by atoms with Crippen LogP contribution >= 0.6 is 0 Å². The first-order valence-corrected chi connectivity index (χ1v) is 5.26. The molecule has 0 fully saturated rings. The molecule has 0 saturated carbocycles. The minimum Gasteiger partial charge on any atom is -0.493 e. The maximum atomic E-state index is 11.2. The summed E-state index contributed by atoms with van der Waals surface area (Å²) in [6, 6.07) is 1.04. The van der Waals surface area contributed by atoms with Gasteiger partial charge in [0.15, 0.2) is 0 Å². The van der Waals surface area contributed by atoms with Gasteiger partial charge < -0.3 is 14.8 Å². The van der Waals surface area contributed by atoms with Gasteiger partial charge in [-0.15, -0.1) is 0 Å². The topological polar surface area (TPSA) is 75.2 Å². The molecule has 0 amide bonds. The zero-order valence-corrected chi connectivity index (χ0v) is 10.1. The molecule has 1 rings (SSSR count). The van der Waals surface area contributed by atoms with E-state index in [0.717, 1.165) is 6.07 Å². The van der Waals surface area contributed by atoms with Crippen molar-refractivity contribution in [3.8, 4) is 5.88 Å². The second-order valence-electron chi connectivity index (χ2n) is 4.69. The predicted octanol–water partition coefficient (Wildman–Crippen LogP) is 1.60. The van der Waals surface area contributed by atoms with E-state index < -0.39 is 0 Å². The van der Waals surface area contributed by atoms with E-state index in [1.165, 1.54) is 0 Å². The second kappa shape index (κ2) is 4.65. The molecule has 1 aromatic rings.